The summed E-state index contributed by atoms with van der Waals surface area (Å²) in [5.74, 6) is 2.06. The van der Waals surface area contributed by atoms with Crippen molar-refractivity contribution >= 4 is 46.1 Å². The lowest BCUT2D eigenvalue weighted by atomic mass is 9.87. The van der Waals surface area contributed by atoms with Crippen LogP contribution in [-0.4, -0.2) is 38.8 Å². The fourth-order valence-corrected chi connectivity index (χ4v) is 7.00. The van der Waals surface area contributed by atoms with E-state index >= 15 is 0 Å². The molecule has 3 aromatic heterocycles. The van der Waals surface area contributed by atoms with Gasteiger partial charge in [-0.2, -0.15) is 0 Å². The van der Waals surface area contributed by atoms with Gasteiger partial charge in [-0.3, -0.25) is 9.59 Å². The van der Waals surface area contributed by atoms with Gasteiger partial charge in [0.15, 0.2) is 16.8 Å². The summed E-state index contributed by atoms with van der Waals surface area (Å²) in [4.78, 5) is 28.1. The number of thioether (sulfide) groups is 1. The van der Waals surface area contributed by atoms with Crippen LogP contribution in [0.5, 0.6) is 0 Å². The Labute approximate surface area is 200 Å². The van der Waals surface area contributed by atoms with Crippen LogP contribution >= 0.6 is 34.4 Å². The molecular weight excluding hydrogens is 460 g/mol. The van der Waals surface area contributed by atoms with Crippen LogP contribution in [0.4, 0.5) is 0 Å². The first kappa shape index (κ1) is 23.2. The molecule has 1 unspecified atom stereocenters. The zero-order valence-corrected chi connectivity index (χ0v) is 21.1. The van der Waals surface area contributed by atoms with Crippen LogP contribution in [0, 0.1) is 5.92 Å². The smallest absolute Gasteiger partial charge is 0.216 e. The van der Waals surface area contributed by atoms with Crippen LogP contribution in [0.15, 0.2) is 23.4 Å². The molecule has 9 heteroatoms. The highest BCUT2D eigenvalue weighted by atomic mass is 32.2. The highest BCUT2D eigenvalue weighted by molar-refractivity contribution is 7.99. The molecule has 0 fully saturated rings. The molecule has 0 radical (unpaired) electrons. The van der Waals surface area contributed by atoms with Crippen LogP contribution < -0.4 is 5.32 Å². The molecule has 1 aliphatic carbocycles. The number of aromatic nitrogens is 3. The molecule has 0 spiro atoms. The maximum atomic E-state index is 12.7. The number of amides is 1. The van der Waals surface area contributed by atoms with Crippen molar-refractivity contribution in [2.75, 3.05) is 12.3 Å². The zero-order chi connectivity index (χ0) is 22.7. The van der Waals surface area contributed by atoms with Crippen molar-refractivity contribution in [3.05, 3.63) is 38.4 Å². The van der Waals surface area contributed by atoms with E-state index in [0.29, 0.717) is 12.3 Å². The Hall–Kier alpha value is -1.97. The Kier molecular flexibility index (Phi) is 7.48. The number of thiophene rings is 2. The molecule has 1 N–H and O–H groups in total. The van der Waals surface area contributed by atoms with E-state index in [0.717, 1.165) is 33.1 Å². The average molecular weight is 489 g/mol. The number of carbonyl (C=O) groups is 2. The number of fused-ring (bicyclic) bond motifs is 1. The van der Waals surface area contributed by atoms with E-state index in [1.165, 1.54) is 71.0 Å². The molecule has 6 nitrogen and oxygen atoms in total. The molecule has 0 saturated heterocycles. The minimum atomic E-state index is -0.0369. The molecule has 32 heavy (non-hydrogen) atoms. The third kappa shape index (κ3) is 5.32. The summed E-state index contributed by atoms with van der Waals surface area (Å²) in [6, 6.07) is 6.13. The minimum Gasteiger partial charge on any atom is -0.356 e. The molecule has 4 rings (SSSR count). The second-order valence-corrected chi connectivity index (χ2v) is 11.4. The average Bonchev–Trinajstić information content (AvgIpc) is 3.49. The van der Waals surface area contributed by atoms with Crippen LogP contribution in [0.3, 0.4) is 0 Å². The van der Waals surface area contributed by atoms with Gasteiger partial charge in [0.25, 0.3) is 0 Å². The number of ketones is 1. The Morgan fingerprint density at radius 2 is 2.12 bits per heavy atom. The monoisotopic (exact) mass is 488 g/mol. The largest absolute Gasteiger partial charge is 0.356 e. The number of rotatable bonds is 9. The van der Waals surface area contributed by atoms with Gasteiger partial charge in [-0.15, -0.1) is 32.9 Å². The van der Waals surface area contributed by atoms with Gasteiger partial charge < -0.3 is 9.88 Å². The first-order valence-corrected chi connectivity index (χ1v) is 13.6. The molecule has 0 bridgehead atoms. The van der Waals surface area contributed by atoms with Crippen LogP contribution in [-0.2, 0) is 31.1 Å². The highest BCUT2D eigenvalue weighted by Crippen LogP contribution is 2.38. The van der Waals surface area contributed by atoms with E-state index < -0.39 is 0 Å². The fraction of sp³-hybridized carbons (Fsp3) is 0.478. The third-order valence-electron chi connectivity index (χ3n) is 5.83. The molecule has 0 aliphatic heterocycles. The Bertz CT molecular complexity index is 1110. The molecule has 1 aliphatic rings. The van der Waals surface area contributed by atoms with Gasteiger partial charge in [-0.1, -0.05) is 25.1 Å². The fourth-order valence-electron chi connectivity index (χ4n) is 3.94. The second kappa shape index (κ2) is 10.3. The lowest BCUT2D eigenvalue weighted by molar-refractivity contribution is -0.118. The molecular formula is C23H28N4O2S3. The lowest BCUT2D eigenvalue weighted by Crippen LogP contribution is -2.22. The number of nitrogens with zero attached hydrogens (tertiary/aromatic N) is 3. The summed E-state index contributed by atoms with van der Waals surface area (Å²) in [5.41, 5.74) is 1.47. The van der Waals surface area contributed by atoms with E-state index in [1.54, 1.807) is 0 Å². The number of aryl methyl sites for hydroxylation is 1. The number of nitrogens with one attached hydrogen (secondary N) is 1. The van der Waals surface area contributed by atoms with E-state index in [4.69, 9.17) is 0 Å². The standard InChI is InChI=1S/C23H28N4O2S3/c1-4-15-5-7-19-16(11-15)12-21(32-19)22-25-26-23(27(22)3)30-13-18(29)20-8-6-17(31-20)9-10-24-14(2)28/h6,8,12,15H,4-5,7,9-11,13H2,1-3H3,(H,24,28). The van der Waals surface area contributed by atoms with Gasteiger partial charge in [0, 0.05) is 30.3 Å². The summed E-state index contributed by atoms with van der Waals surface area (Å²) >= 11 is 4.76. The molecule has 1 amide bonds. The van der Waals surface area contributed by atoms with Crippen molar-refractivity contribution in [1.29, 1.82) is 0 Å². The van der Waals surface area contributed by atoms with Crippen LogP contribution in [0.2, 0.25) is 0 Å². The SMILES string of the molecule is CCC1CCc2sc(-c3nnc(SCC(=O)c4ccc(CCNC(C)=O)s4)n3C)cc2C1. The maximum Gasteiger partial charge on any atom is 0.216 e. The zero-order valence-electron chi connectivity index (χ0n) is 18.6. The number of hydrogen-bond acceptors (Lipinski definition) is 7. The Balaban J connectivity index is 1.37. The molecule has 170 valence electrons. The summed E-state index contributed by atoms with van der Waals surface area (Å²) in [7, 11) is 1.97. The Morgan fingerprint density at radius 1 is 1.28 bits per heavy atom. The topological polar surface area (TPSA) is 76.9 Å². The second-order valence-electron chi connectivity index (χ2n) is 8.15. The Morgan fingerprint density at radius 3 is 2.91 bits per heavy atom. The maximum absolute atomic E-state index is 12.7. The predicted molar refractivity (Wildman–Crippen MR) is 132 cm³/mol. The van der Waals surface area contributed by atoms with E-state index in [1.807, 2.05) is 35.1 Å². The number of hydrogen-bond donors (Lipinski definition) is 1. The quantitative estimate of drug-likeness (QED) is 0.347. The van der Waals surface area contributed by atoms with Crippen LogP contribution in [0.1, 0.15) is 51.7 Å². The molecule has 1 atom stereocenters. The predicted octanol–water partition coefficient (Wildman–Crippen LogP) is 4.77. The van der Waals surface area contributed by atoms with Gasteiger partial charge in [0.1, 0.15) is 0 Å². The summed E-state index contributed by atoms with van der Waals surface area (Å²) in [6.45, 7) is 4.37. The van der Waals surface area contributed by atoms with Gasteiger partial charge >= 0.3 is 0 Å². The van der Waals surface area contributed by atoms with Crippen molar-refractivity contribution in [3.63, 3.8) is 0 Å². The van der Waals surface area contributed by atoms with Gasteiger partial charge in [-0.05, 0) is 55.4 Å². The minimum absolute atomic E-state index is 0.0369. The van der Waals surface area contributed by atoms with E-state index in [-0.39, 0.29) is 11.7 Å². The van der Waals surface area contributed by atoms with E-state index in [2.05, 4.69) is 28.5 Å². The van der Waals surface area contributed by atoms with Crippen LogP contribution in [0.25, 0.3) is 10.7 Å². The molecule has 0 saturated carbocycles. The number of Topliss-reactive ketones (excluding diaryl/α,β-unsaturated/α-hetero) is 1. The first-order valence-electron chi connectivity index (χ1n) is 10.9. The summed E-state index contributed by atoms with van der Waals surface area (Å²) in [5, 5.41) is 12.3. The van der Waals surface area contributed by atoms with Gasteiger partial charge in [0.2, 0.25) is 5.91 Å². The number of carbonyl (C=O) groups excluding carboxylic acids is 2. The van der Waals surface area contributed by atoms with Gasteiger partial charge in [-0.25, -0.2) is 0 Å². The first-order chi connectivity index (χ1) is 15.4. The van der Waals surface area contributed by atoms with E-state index in [9.17, 15) is 9.59 Å². The normalized spacial score (nSPS) is 15.5. The molecule has 3 heterocycles. The highest BCUT2D eigenvalue weighted by Gasteiger charge is 2.23. The summed E-state index contributed by atoms with van der Waals surface area (Å²) < 4.78 is 2.00. The van der Waals surface area contributed by atoms with Crippen molar-refractivity contribution in [2.24, 2.45) is 13.0 Å². The van der Waals surface area contributed by atoms with Crippen molar-refractivity contribution in [2.45, 2.75) is 51.1 Å². The molecule has 0 aromatic carbocycles. The van der Waals surface area contributed by atoms with Gasteiger partial charge in [0.05, 0.1) is 15.5 Å². The lowest BCUT2D eigenvalue weighted by Gasteiger charge is -2.19. The van der Waals surface area contributed by atoms with Crippen molar-refractivity contribution < 1.29 is 9.59 Å². The third-order valence-corrected chi connectivity index (χ3v) is 9.27. The van der Waals surface area contributed by atoms with Crippen molar-refractivity contribution in [3.8, 4) is 10.7 Å². The summed E-state index contributed by atoms with van der Waals surface area (Å²) in [6.07, 6.45) is 5.60. The molecule has 3 aromatic rings. The van der Waals surface area contributed by atoms with Crippen molar-refractivity contribution in [1.82, 2.24) is 20.1 Å².